The minimum Gasteiger partial charge on any atom is -0.294 e. The molecule has 1 atom stereocenters. The molecule has 2 heterocycles. The number of anilines is 1. The van der Waals surface area contributed by atoms with E-state index in [2.05, 4.69) is 26.1 Å². The molecule has 1 amide bonds. The first kappa shape index (κ1) is 12.7. The van der Waals surface area contributed by atoms with E-state index in [9.17, 15) is 13.2 Å². The Morgan fingerprint density at radius 3 is 2.59 bits per heavy atom. The molecular weight excluding hydrogens is 334 g/mol. The second-order valence-corrected chi connectivity index (χ2v) is 7.24. The highest BCUT2D eigenvalue weighted by Crippen LogP contribution is 2.25. The van der Waals surface area contributed by atoms with E-state index < -0.39 is 14.3 Å². The fraction of sp³-hybridized carbons (Fsp3) is 0.375. The molecule has 17 heavy (non-hydrogen) atoms. The van der Waals surface area contributed by atoms with Crippen molar-refractivity contribution < 1.29 is 13.2 Å². The summed E-state index contributed by atoms with van der Waals surface area (Å²) < 4.78 is 22.8. The molecule has 1 unspecified atom stereocenters. The lowest BCUT2D eigenvalue weighted by molar-refractivity contribution is -0.117. The molecule has 0 radical (unpaired) electrons. The van der Waals surface area contributed by atoms with Gasteiger partial charge >= 0.3 is 0 Å². The van der Waals surface area contributed by atoms with Crippen molar-refractivity contribution in [2.24, 2.45) is 0 Å². The molecule has 92 valence electrons. The molecule has 0 bridgehead atoms. The molecule has 1 aliphatic rings. The summed E-state index contributed by atoms with van der Waals surface area (Å²) in [6.45, 7) is 0.0149. The maximum atomic E-state index is 11.6. The van der Waals surface area contributed by atoms with Crippen LogP contribution in [0, 0.1) is 0 Å². The number of nitrogens with zero attached hydrogens (tertiary/aromatic N) is 3. The Bertz CT molecular complexity index is 548. The first-order valence-corrected chi connectivity index (χ1v) is 7.77. The Morgan fingerprint density at radius 2 is 2.12 bits per heavy atom. The van der Waals surface area contributed by atoms with Gasteiger partial charge in [0.25, 0.3) is 0 Å². The molecule has 0 aromatic carbocycles. The van der Waals surface area contributed by atoms with E-state index in [1.165, 1.54) is 4.90 Å². The monoisotopic (exact) mass is 339 g/mol. The van der Waals surface area contributed by atoms with Crippen LogP contribution >= 0.6 is 26.6 Å². The quantitative estimate of drug-likeness (QED) is 0.748. The lowest BCUT2D eigenvalue weighted by Crippen LogP contribution is -2.27. The minimum atomic E-state index is -3.73. The molecule has 9 heteroatoms. The van der Waals surface area contributed by atoms with Gasteiger partial charge in [0.15, 0.2) is 5.82 Å². The van der Waals surface area contributed by atoms with Gasteiger partial charge in [0.2, 0.25) is 15.0 Å². The van der Waals surface area contributed by atoms with Gasteiger partial charge in [-0.2, -0.15) is 0 Å². The third-order valence-electron chi connectivity index (χ3n) is 2.38. The van der Waals surface area contributed by atoms with Gasteiger partial charge in [-0.25, -0.2) is 8.42 Å². The molecule has 6 nitrogen and oxygen atoms in total. The molecule has 1 aromatic rings. The summed E-state index contributed by atoms with van der Waals surface area (Å²) in [5.41, 5.74) is 0. The normalized spacial score (nSPS) is 20.9. The van der Waals surface area contributed by atoms with E-state index in [0.717, 1.165) is 0 Å². The van der Waals surface area contributed by atoms with Crippen LogP contribution in [0.4, 0.5) is 5.82 Å². The van der Waals surface area contributed by atoms with Crippen LogP contribution < -0.4 is 4.90 Å². The first-order chi connectivity index (χ1) is 7.88. The molecule has 0 saturated carbocycles. The fourth-order valence-electron chi connectivity index (χ4n) is 1.54. The number of hydrogen-bond acceptors (Lipinski definition) is 5. The number of aromatic nitrogens is 2. The standard InChI is InChI=1S/C8H7BrClN3O3S/c9-6-1-2-7(12-11-6)13-4-5(3-8(13)14)17(10,15)16/h1-2,5H,3-4H2. The number of halogens is 2. The van der Waals surface area contributed by atoms with Gasteiger partial charge < -0.3 is 0 Å². The van der Waals surface area contributed by atoms with Gasteiger partial charge in [-0.1, -0.05) is 0 Å². The van der Waals surface area contributed by atoms with Crippen molar-refractivity contribution in [3.8, 4) is 0 Å². The van der Waals surface area contributed by atoms with E-state index in [4.69, 9.17) is 10.7 Å². The third kappa shape index (κ3) is 2.75. The molecule has 2 rings (SSSR count). The second kappa shape index (κ2) is 4.51. The van der Waals surface area contributed by atoms with Crippen LogP contribution in [0.2, 0.25) is 0 Å². The highest BCUT2D eigenvalue weighted by molar-refractivity contribution is 9.10. The number of rotatable bonds is 2. The van der Waals surface area contributed by atoms with E-state index in [1.807, 2.05) is 0 Å². The highest BCUT2D eigenvalue weighted by atomic mass is 79.9. The van der Waals surface area contributed by atoms with Crippen LogP contribution in [0.5, 0.6) is 0 Å². The summed E-state index contributed by atoms with van der Waals surface area (Å²) in [5.74, 6) is -0.00290. The summed E-state index contributed by atoms with van der Waals surface area (Å²) in [4.78, 5) is 12.9. The van der Waals surface area contributed by atoms with Gasteiger partial charge in [-0.05, 0) is 28.1 Å². The van der Waals surface area contributed by atoms with Crippen LogP contribution in [0.15, 0.2) is 16.7 Å². The lowest BCUT2D eigenvalue weighted by atomic mass is 10.4. The maximum Gasteiger partial charge on any atom is 0.237 e. The van der Waals surface area contributed by atoms with Gasteiger partial charge in [0.05, 0.1) is 0 Å². The Balaban J connectivity index is 2.24. The number of carbonyl (C=O) groups excluding carboxylic acids is 1. The molecule has 1 aromatic heterocycles. The van der Waals surface area contributed by atoms with Crippen molar-refractivity contribution in [2.75, 3.05) is 11.4 Å². The predicted octanol–water partition coefficient (Wildman–Crippen LogP) is 0.913. The second-order valence-electron chi connectivity index (χ2n) is 3.52. The van der Waals surface area contributed by atoms with Crippen molar-refractivity contribution >= 4 is 47.4 Å². The van der Waals surface area contributed by atoms with E-state index >= 15 is 0 Å². The molecule has 1 saturated heterocycles. The van der Waals surface area contributed by atoms with Crippen molar-refractivity contribution in [1.29, 1.82) is 0 Å². The summed E-state index contributed by atoms with van der Waals surface area (Å²) in [5, 5.41) is 6.65. The molecule has 0 N–H and O–H groups in total. The fourth-order valence-corrected chi connectivity index (χ4v) is 2.78. The van der Waals surface area contributed by atoms with E-state index in [-0.39, 0.29) is 18.9 Å². The Kier molecular flexibility index (Phi) is 3.37. The first-order valence-electron chi connectivity index (χ1n) is 4.61. The average molecular weight is 341 g/mol. The molecular formula is C8H7BrClN3O3S. The average Bonchev–Trinajstić information content (AvgIpc) is 2.61. The Morgan fingerprint density at radius 1 is 1.41 bits per heavy atom. The predicted molar refractivity (Wildman–Crippen MR) is 65.3 cm³/mol. The minimum absolute atomic E-state index is 0.0149. The van der Waals surface area contributed by atoms with Crippen LogP contribution in [0.1, 0.15) is 6.42 Å². The molecule has 0 aliphatic carbocycles. The van der Waals surface area contributed by atoms with Crippen LogP contribution in [0.3, 0.4) is 0 Å². The summed E-state index contributed by atoms with van der Waals surface area (Å²) in [6, 6.07) is 3.20. The van der Waals surface area contributed by atoms with Crippen molar-refractivity contribution in [3.05, 3.63) is 16.7 Å². The van der Waals surface area contributed by atoms with Crippen molar-refractivity contribution in [1.82, 2.24) is 10.2 Å². The van der Waals surface area contributed by atoms with E-state index in [0.29, 0.717) is 10.4 Å². The number of carbonyl (C=O) groups is 1. The van der Waals surface area contributed by atoms with Crippen LogP contribution in [0.25, 0.3) is 0 Å². The van der Waals surface area contributed by atoms with E-state index in [1.54, 1.807) is 12.1 Å². The SMILES string of the molecule is O=C1CC(S(=O)(=O)Cl)CN1c1ccc(Br)nn1. The number of hydrogen-bond donors (Lipinski definition) is 0. The summed E-state index contributed by atoms with van der Waals surface area (Å²) in [6.07, 6.45) is -0.121. The largest absolute Gasteiger partial charge is 0.294 e. The molecule has 1 aliphatic heterocycles. The third-order valence-corrected chi connectivity index (χ3v) is 4.67. The lowest BCUT2D eigenvalue weighted by Gasteiger charge is -2.13. The summed E-state index contributed by atoms with van der Waals surface area (Å²) in [7, 11) is 1.50. The van der Waals surface area contributed by atoms with Gasteiger partial charge in [-0.3, -0.25) is 9.69 Å². The van der Waals surface area contributed by atoms with Crippen LogP contribution in [-0.4, -0.2) is 36.3 Å². The van der Waals surface area contributed by atoms with Crippen molar-refractivity contribution in [3.63, 3.8) is 0 Å². The maximum absolute atomic E-state index is 11.6. The van der Waals surface area contributed by atoms with Crippen molar-refractivity contribution in [2.45, 2.75) is 11.7 Å². The van der Waals surface area contributed by atoms with Gasteiger partial charge in [0, 0.05) is 23.6 Å². The smallest absolute Gasteiger partial charge is 0.237 e. The van der Waals surface area contributed by atoms with Gasteiger partial charge in [0.1, 0.15) is 9.85 Å². The Labute approximate surface area is 111 Å². The molecule has 1 fully saturated rings. The Hall–Kier alpha value is -0.730. The highest BCUT2D eigenvalue weighted by Gasteiger charge is 2.38. The zero-order valence-corrected chi connectivity index (χ0v) is 11.5. The van der Waals surface area contributed by atoms with Crippen LogP contribution in [-0.2, 0) is 13.8 Å². The summed E-state index contributed by atoms with van der Waals surface area (Å²) >= 11 is 3.12. The zero-order valence-electron chi connectivity index (χ0n) is 8.38. The number of amides is 1. The zero-order chi connectivity index (χ0) is 12.6. The molecule has 0 spiro atoms. The van der Waals surface area contributed by atoms with Gasteiger partial charge in [-0.15, -0.1) is 10.2 Å². The topological polar surface area (TPSA) is 80.2 Å².